The average molecular weight is 328 g/mol. The summed E-state index contributed by atoms with van der Waals surface area (Å²) in [5, 5.41) is 0. The molecule has 7 heteroatoms. The quantitative estimate of drug-likeness (QED) is 0.924. The van der Waals surface area contributed by atoms with Crippen LogP contribution in [0.2, 0.25) is 0 Å². The molecule has 122 valence electrons. The van der Waals surface area contributed by atoms with Gasteiger partial charge in [0.25, 0.3) is 5.91 Å². The van der Waals surface area contributed by atoms with Crippen molar-refractivity contribution in [1.82, 2.24) is 4.90 Å². The van der Waals surface area contributed by atoms with Crippen LogP contribution in [0.15, 0.2) is 18.2 Å². The van der Waals surface area contributed by atoms with Crippen LogP contribution in [-0.4, -0.2) is 38.1 Å². The molecule has 0 unspecified atom stereocenters. The minimum Gasteiger partial charge on any atom is -0.336 e. The zero-order valence-corrected chi connectivity index (χ0v) is 13.6. The van der Waals surface area contributed by atoms with Crippen LogP contribution in [0.4, 0.5) is 10.1 Å². The second-order valence-electron chi connectivity index (χ2n) is 5.63. The Morgan fingerprint density at radius 2 is 2.14 bits per heavy atom. The summed E-state index contributed by atoms with van der Waals surface area (Å²) in [4.78, 5) is 14.4. The van der Waals surface area contributed by atoms with Crippen molar-refractivity contribution in [2.75, 3.05) is 17.5 Å². The van der Waals surface area contributed by atoms with Gasteiger partial charge in [0, 0.05) is 18.2 Å². The summed E-state index contributed by atoms with van der Waals surface area (Å²) in [5.74, 6) is -0.879. The highest BCUT2D eigenvalue weighted by Crippen LogP contribution is 2.24. The van der Waals surface area contributed by atoms with E-state index >= 15 is 0 Å². The molecule has 1 saturated heterocycles. The lowest BCUT2D eigenvalue weighted by atomic mass is 9.99. The maximum Gasteiger partial charge on any atom is 0.254 e. The van der Waals surface area contributed by atoms with Gasteiger partial charge in [0.1, 0.15) is 5.82 Å². The topological polar surface area (TPSA) is 66.5 Å². The number of carbonyl (C=O) groups is 1. The van der Waals surface area contributed by atoms with Crippen LogP contribution < -0.4 is 4.72 Å². The second-order valence-corrected chi connectivity index (χ2v) is 7.37. The van der Waals surface area contributed by atoms with Gasteiger partial charge in [-0.05, 0) is 43.9 Å². The fourth-order valence-electron chi connectivity index (χ4n) is 2.79. The molecule has 0 bridgehead atoms. The summed E-state index contributed by atoms with van der Waals surface area (Å²) >= 11 is 0. The van der Waals surface area contributed by atoms with Crippen LogP contribution >= 0.6 is 0 Å². The van der Waals surface area contributed by atoms with Crippen molar-refractivity contribution in [3.8, 4) is 0 Å². The Hall–Kier alpha value is -1.63. The van der Waals surface area contributed by atoms with E-state index < -0.39 is 15.8 Å². The van der Waals surface area contributed by atoms with E-state index in [1.165, 1.54) is 12.1 Å². The van der Waals surface area contributed by atoms with Crippen molar-refractivity contribution in [2.24, 2.45) is 0 Å². The van der Waals surface area contributed by atoms with E-state index in [4.69, 9.17) is 0 Å². The lowest BCUT2D eigenvalue weighted by Crippen LogP contribution is -2.43. The molecule has 1 aromatic rings. The first kappa shape index (κ1) is 16.7. The monoisotopic (exact) mass is 328 g/mol. The fraction of sp³-hybridized carbons (Fsp3) is 0.533. The molecule has 5 nitrogen and oxygen atoms in total. The third-order valence-corrected chi connectivity index (χ3v) is 4.46. The molecule has 1 fully saturated rings. The van der Waals surface area contributed by atoms with Crippen LogP contribution in [-0.2, 0) is 10.0 Å². The van der Waals surface area contributed by atoms with E-state index in [1.807, 2.05) is 6.92 Å². The molecule has 0 radical (unpaired) electrons. The molecule has 1 atom stereocenters. The van der Waals surface area contributed by atoms with E-state index in [-0.39, 0.29) is 17.6 Å². The van der Waals surface area contributed by atoms with Gasteiger partial charge >= 0.3 is 0 Å². The Balaban J connectivity index is 2.28. The largest absolute Gasteiger partial charge is 0.336 e. The molecule has 1 aromatic carbocycles. The normalized spacial score (nSPS) is 19.0. The average Bonchev–Trinajstić information content (AvgIpc) is 2.47. The van der Waals surface area contributed by atoms with E-state index in [0.29, 0.717) is 12.1 Å². The highest BCUT2D eigenvalue weighted by Gasteiger charge is 2.26. The van der Waals surface area contributed by atoms with Crippen LogP contribution in [0.1, 0.15) is 43.0 Å². The molecule has 0 saturated carbocycles. The second kappa shape index (κ2) is 6.64. The number of anilines is 1. The van der Waals surface area contributed by atoms with Gasteiger partial charge in [-0.3, -0.25) is 9.52 Å². The van der Waals surface area contributed by atoms with E-state index in [2.05, 4.69) is 4.72 Å². The van der Waals surface area contributed by atoms with Crippen LogP contribution in [0.25, 0.3) is 0 Å². The van der Waals surface area contributed by atoms with Gasteiger partial charge in [0.15, 0.2) is 0 Å². The van der Waals surface area contributed by atoms with Gasteiger partial charge in [-0.25, -0.2) is 12.8 Å². The third kappa shape index (κ3) is 3.97. The molecule has 1 heterocycles. The molecular weight excluding hydrogens is 307 g/mol. The molecule has 1 aliphatic rings. The van der Waals surface area contributed by atoms with Gasteiger partial charge in [-0.2, -0.15) is 0 Å². The van der Waals surface area contributed by atoms with Gasteiger partial charge in [0.05, 0.1) is 11.9 Å². The van der Waals surface area contributed by atoms with E-state index in [1.54, 1.807) is 4.90 Å². The van der Waals surface area contributed by atoms with Crippen LogP contribution in [0.3, 0.4) is 0 Å². The predicted octanol–water partition coefficient (Wildman–Crippen LogP) is 2.60. The zero-order valence-electron chi connectivity index (χ0n) is 12.8. The van der Waals surface area contributed by atoms with E-state index in [0.717, 1.165) is 38.0 Å². The zero-order chi connectivity index (χ0) is 16.3. The van der Waals surface area contributed by atoms with Crippen LogP contribution in [0, 0.1) is 5.82 Å². The molecule has 1 aliphatic heterocycles. The number of sulfonamides is 1. The van der Waals surface area contributed by atoms with Gasteiger partial charge in [0.2, 0.25) is 10.0 Å². The summed E-state index contributed by atoms with van der Waals surface area (Å²) in [5.41, 5.74) is 0.103. The first-order chi connectivity index (χ1) is 10.3. The SMILES string of the molecule is CC[C@@H]1CCCCN1C(=O)c1ccc(F)c(NS(C)(=O)=O)c1. The first-order valence-corrected chi connectivity index (χ1v) is 9.29. The van der Waals surface area contributed by atoms with Crippen molar-refractivity contribution >= 4 is 21.6 Å². The molecule has 0 spiro atoms. The Labute approximate surface area is 130 Å². The number of piperidine rings is 1. The van der Waals surface area contributed by atoms with Gasteiger partial charge in [-0.1, -0.05) is 6.92 Å². The predicted molar refractivity (Wildman–Crippen MR) is 83.8 cm³/mol. The van der Waals surface area contributed by atoms with Crippen molar-refractivity contribution in [1.29, 1.82) is 0 Å². The number of nitrogens with zero attached hydrogens (tertiary/aromatic N) is 1. The maximum absolute atomic E-state index is 13.7. The summed E-state index contributed by atoms with van der Waals surface area (Å²) in [6.45, 7) is 2.72. The minimum atomic E-state index is -3.60. The Morgan fingerprint density at radius 3 is 2.77 bits per heavy atom. The Morgan fingerprint density at radius 1 is 1.41 bits per heavy atom. The molecular formula is C15H21FN2O3S. The first-order valence-electron chi connectivity index (χ1n) is 7.40. The summed E-state index contributed by atoms with van der Waals surface area (Å²) in [6.07, 6.45) is 4.85. The molecule has 22 heavy (non-hydrogen) atoms. The van der Waals surface area contributed by atoms with Crippen molar-refractivity contribution in [3.63, 3.8) is 0 Å². The van der Waals surface area contributed by atoms with Crippen molar-refractivity contribution in [3.05, 3.63) is 29.6 Å². The van der Waals surface area contributed by atoms with Crippen LogP contribution in [0.5, 0.6) is 0 Å². The van der Waals surface area contributed by atoms with Crippen molar-refractivity contribution in [2.45, 2.75) is 38.6 Å². The lowest BCUT2D eigenvalue weighted by molar-refractivity contribution is 0.0608. The summed E-state index contributed by atoms with van der Waals surface area (Å²) in [6, 6.07) is 3.97. The highest BCUT2D eigenvalue weighted by atomic mass is 32.2. The smallest absolute Gasteiger partial charge is 0.254 e. The fourth-order valence-corrected chi connectivity index (χ4v) is 3.35. The minimum absolute atomic E-state index is 0.178. The number of carbonyl (C=O) groups excluding carboxylic acids is 1. The Kier molecular flexibility index (Phi) is 5.05. The molecule has 2 rings (SSSR count). The molecule has 1 amide bonds. The number of benzene rings is 1. The van der Waals surface area contributed by atoms with E-state index in [9.17, 15) is 17.6 Å². The van der Waals surface area contributed by atoms with Gasteiger partial charge in [-0.15, -0.1) is 0 Å². The number of hydrogen-bond acceptors (Lipinski definition) is 3. The lowest BCUT2D eigenvalue weighted by Gasteiger charge is -2.35. The number of amides is 1. The number of hydrogen-bond donors (Lipinski definition) is 1. The number of likely N-dealkylation sites (tertiary alicyclic amines) is 1. The summed E-state index contributed by atoms with van der Waals surface area (Å²) < 4.78 is 38.3. The maximum atomic E-state index is 13.7. The van der Waals surface area contributed by atoms with Crippen molar-refractivity contribution < 1.29 is 17.6 Å². The Bertz CT molecular complexity index is 661. The van der Waals surface area contributed by atoms with Gasteiger partial charge < -0.3 is 4.90 Å². The standard InChI is InChI=1S/C15H21FN2O3S/c1-3-12-6-4-5-9-18(12)15(19)11-7-8-13(16)14(10-11)17-22(2,20)21/h7-8,10,12,17H,3-6,9H2,1-2H3/t12-/m1/s1. The third-order valence-electron chi connectivity index (χ3n) is 3.87. The molecule has 0 aliphatic carbocycles. The number of halogens is 1. The molecule has 0 aromatic heterocycles. The number of nitrogens with one attached hydrogen (secondary N) is 1. The highest BCUT2D eigenvalue weighted by molar-refractivity contribution is 7.92. The molecule has 1 N–H and O–H groups in total. The number of rotatable bonds is 4. The summed E-state index contributed by atoms with van der Waals surface area (Å²) in [7, 11) is -3.60.